The molecule has 1 N–H and O–H groups in total. The van der Waals surface area contributed by atoms with Crippen molar-refractivity contribution in [3.63, 3.8) is 0 Å². The maximum Gasteiger partial charge on any atom is 0.573 e. The predicted octanol–water partition coefficient (Wildman–Crippen LogP) is 2.65. The Kier molecular flexibility index (Phi) is 4.38. The predicted molar refractivity (Wildman–Crippen MR) is 58.6 cm³/mol. The Balaban J connectivity index is 3.43. The number of carboxylic acids is 1. The average Bonchev–Trinajstić information content (AvgIpc) is 2.28. The molecule has 0 heterocycles. The molecule has 0 radical (unpaired) electrons. The number of nitrogens with zero attached hydrogens (tertiary/aromatic N) is 1. The van der Waals surface area contributed by atoms with E-state index in [1.54, 1.807) is 13.0 Å². The number of halogens is 3. The Morgan fingerprint density at radius 2 is 2.11 bits per heavy atom. The van der Waals surface area contributed by atoms with E-state index in [9.17, 15) is 18.0 Å². The average molecular weight is 273 g/mol. The summed E-state index contributed by atoms with van der Waals surface area (Å²) in [6.45, 7) is 1.67. The number of aryl methyl sites for hydroxylation is 1. The van der Waals surface area contributed by atoms with E-state index >= 15 is 0 Å². The van der Waals surface area contributed by atoms with Crippen LogP contribution >= 0.6 is 0 Å². The van der Waals surface area contributed by atoms with Crippen LogP contribution in [0, 0.1) is 11.3 Å². The molecule has 4 nitrogen and oxygen atoms in total. The van der Waals surface area contributed by atoms with Crippen LogP contribution in [0.4, 0.5) is 13.2 Å². The largest absolute Gasteiger partial charge is 0.573 e. The van der Waals surface area contributed by atoms with Gasteiger partial charge < -0.3 is 9.84 Å². The number of aliphatic carboxylic acids is 1. The molecule has 1 rings (SSSR count). The van der Waals surface area contributed by atoms with Gasteiger partial charge in [0.2, 0.25) is 0 Å². The summed E-state index contributed by atoms with van der Waals surface area (Å²) in [5.41, 5.74) is -0.0576. The molecule has 0 atom stereocenters. The molecule has 7 heteroatoms. The minimum Gasteiger partial charge on any atom is -0.481 e. The zero-order valence-corrected chi connectivity index (χ0v) is 9.91. The number of carbonyl (C=O) groups is 1. The first-order valence-electron chi connectivity index (χ1n) is 5.30. The van der Waals surface area contributed by atoms with E-state index in [-0.39, 0.29) is 11.1 Å². The van der Waals surface area contributed by atoms with Crippen molar-refractivity contribution in [2.45, 2.75) is 26.1 Å². The summed E-state index contributed by atoms with van der Waals surface area (Å²) in [5, 5.41) is 17.5. The number of nitriles is 1. The monoisotopic (exact) mass is 273 g/mol. The van der Waals surface area contributed by atoms with Crippen molar-refractivity contribution in [1.29, 1.82) is 5.26 Å². The summed E-state index contributed by atoms with van der Waals surface area (Å²) in [5.74, 6) is -2.02. The van der Waals surface area contributed by atoms with Crippen molar-refractivity contribution < 1.29 is 27.8 Å². The van der Waals surface area contributed by atoms with Gasteiger partial charge in [0.1, 0.15) is 6.07 Å². The number of hydrogen-bond donors (Lipinski definition) is 1. The summed E-state index contributed by atoms with van der Waals surface area (Å²) < 4.78 is 40.8. The highest BCUT2D eigenvalue weighted by atomic mass is 19.4. The van der Waals surface area contributed by atoms with Gasteiger partial charge in [0.25, 0.3) is 0 Å². The molecule has 0 fully saturated rings. The van der Waals surface area contributed by atoms with E-state index in [1.165, 1.54) is 12.1 Å². The van der Waals surface area contributed by atoms with Gasteiger partial charge in [0, 0.05) is 5.56 Å². The lowest BCUT2D eigenvalue weighted by Gasteiger charge is -2.16. The van der Waals surface area contributed by atoms with E-state index in [2.05, 4.69) is 4.74 Å². The fourth-order valence-corrected chi connectivity index (χ4v) is 1.67. The molecule has 0 unspecified atom stereocenters. The first-order valence-corrected chi connectivity index (χ1v) is 5.30. The van der Waals surface area contributed by atoms with E-state index in [4.69, 9.17) is 10.4 Å². The Labute approximate surface area is 107 Å². The molecule has 0 bridgehead atoms. The highest BCUT2D eigenvalue weighted by Crippen LogP contribution is 2.32. The van der Waals surface area contributed by atoms with Crippen molar-refractivity contribution in [2.24, 2.45) is 0 Å². The van der Waals surface area contributed by atoms with Crippen LogP contribution < -0.4 is 4.74 Å². The van der Waals surface area contributed by atoms with Gasteiger partial charge in [-0.2, -0.15) is 5.26 Å². The fraction of sp³-hybridized carbons (Fsp3) is 0.333. The van der Waals surface area contributed by atoms with Gasteiger partial charge in [-0.15, -0.1) is 13.2 Å². The first kappa shape index (κ1) is 14.8. The van der Waals surface area contributed by atoms with Crippen LogP contribution in [-0.4, -0.2) is 17.4 Å². The van der Waals surface area contributed by atoms with Crippen LogP contribution in [0.25, 0.3) is 0 Å². The van der Waals surface area contributed by atoms with E-state index in [0.717, 1.165) is 0 Å². The Hall–Kier alpha value is -2.23. The molecule has 0 amide bonds. The third kappa shape index (κ3) is 3.88. The molecular formula is C12H10F3NO3. The third-order valence-electron chi connectivity index (χ3n) is 2.40. The maximum absolute atomic E-state index is 12.3. The number of alkyl halides is 3. The van der Waals surface area contributed by atoms with Gasteiger partial charge in [-0.25, -0.2) is 0 Å². The molecule has 102 valence electrons. The Morgan fingerprint density at radius 3 is 2.53 bits per heavy atom. The van der Waals surface area contributed by atoms with Crippen LogP contribution in [0.2, 0.25) is 0 Å². The van der Waals surface area contributed by atoms with Crippen molar-refractivity contribution in [3.05, 3.63) is 28.8 Å². The zero-order valence-electron chi connectivity index (χ0n) is 9.91. The highest BCUT2D eigenvalue weighted by molar-refractivity contribution is 5.73. The summed E-state index contributed by atoms with van der Waals surface area (Å²) in [7, 11) is 0. The second-order valence-electron chi connectivity index (χ2n) is 3.66. The lowest BCUT2D eigenvalue weighted by molar-refractivity contribution is -0.275. The molecule has 1 aromatic rings. The minimum atomic E-state index is -4.98. The van der Waals surface area contributed by atoms with Crippen LogP contribution in [-0.2, 0) is 17.6 Å². The van der Waals surface area contributed by atoms with Crippen molar-refractivity contribution in [2.75, 3.05) is 0 Å². The minimum absolute atomic E-state index is 0.119. The van der Waals surface area contributed by atoms with Crippen molar-refractivity contribution in [1.82, 2.24) is 0 Å². The first-order chi connectivity index (χ1) is 8.78. The maximum atomic E-state index is 12.3. The number of carboxylic acid groups (broad SMARTS) is 1. The molecule has 1 aromatic carbocycles. The van der Waals surface area contributed by atoms with Gasteiger partial charge in [-0.1, -0.05) is 13.0 Å². The number of hydrogen-bond acceptors (Lipinski definition) is 3. The lowest BCUT2D eigenvalue weighted by Crippen LogP contribution is -2.20. The quantitative estimate of drug-likeness (QED) is 0.915. The van der Waals surface area contributed by atoms with Gasteiger partial charge in [0.05, 0.1) is 12.0 Å². The second-order valence-corrected chi connectivity index (χ2v) is 3.66. The summed E-state index contributed by atoms with van der Waals surface area (Å²) >= 11 is 0. The summed E-state index contributed by atoms with van der Waals surface area (Å²) in [6.07, 6.45) is -5.28. The molecular weight excluding hydrogens is 263 g/mol. The lowest BCUT2D eigenvalue weighted by atomic mass is 9.98. The highest BCUT2D eigenvalue weighted by Gasteiger charge is 2.34. The van der Waals surface area contributed by atoms with Crippen molar-refractivity contribution >= 4 is 5.97 Å². The number of benzene rings is 1. The Bertz CT molecular complexity index is 532. The van der Waals surface area contributed by atoms with Gasteiger partial charge >= 0.3 is 12.3 Å². The topological polar surface area (TPSA) is 70.3 Å². The number of rotatable bonds is 4. The van der Waals surface area contributed by atoms with Gasteiger partial charge in [-0.3, -0.25) is 4.79 Å². The van der Waals surface area contributed by atoms with E-state index in [0.29, 0.717) is 12.0 Å². The van der Waals surface area contributed by atoms with Gasteiger partial charge in [-0.05, 0) is 18.1 Å². The van der Waals surface area contributed by atoms with E-state index in [1.807, 2.05) is 0 Å². The van der Waals surface area contributed by atoms with Gasteiger partial charge in [0.15, 0.2) is 5.75 Å². The number of ether oxygens (including phenoxy) is 1. The van der Waals surface area contributed by atoms with E-state index < -0.39 is 24.5 Å². The Morgan fingerprint density at radius 1 is 1.47 bits per heavy atom. The van der Waals surface area contributed by atoms with Crippen LogP contribution in [0.3, 0.4) is 0 Å². The van der Waals surface area contributed by atoms with Crippen LogP contribution in [0.15, 0.2) is 12.1 Å². The van der Waals surface area contributed by atoms with Crippen LogP contribution in [0.5, 0.6) is 5.75 Å². The molecule has 0 saturated carbocycles. The molecule has 0 saturated heterocycles. The molecule has 19 heavy (non-hydrogen) atoms. The molecule has 0 spiro atoms. The molecule has 0 aliphatic rings. The SMILES string of the molecule is CCc1ccc(C#N)c(OC(F)(F)F)c1CC(=O)O. The molecule has 0 aromatic heterocycles. The second kappa shape index (κ2) is 5.61. The fourth-order valence-electron chi connectivity index (χ4n) is 1.67. The third-order valence-corrected chi connectivity index (χ3v) is 2.40. The zero-order chi connectivity index (χ0) is 14.6. The molecule has 0 aliphatic heterocycles. The van der Waals surface area contributed by atoms with Crippen LogP contribution in [0.1, 0.15) is 23.6 Å². The molecule has 0 aliphatic carbocycles. The normalized spacial score (nSPS) is 10.9. The van der Waals surface area contributed by atoms with Crippen molar-refractivity contribution in [3.8, 4) is 11.8 Å². The smallest absolute Gasteiger partial charge is 0.481 e. The standard InChI is InChI=1S/C12H10F3NO3/c1-2-7-3-4-8(6-16)11(19-12(13,14)15)9(7)5-10(17)18/h3-4H,2,5H2,1H3,(H,17,18). The summed E-state index contributed by atoms with van der Waals surface area (Å²) in [6, 6.07) is 4.18. The summed E-state index contributed by atoms with van der Waals surface area (Å²) in [4.78, 5) is 10.7.